The van der Waals surface area contributed by atoms with E-state index in [-0.39, 0.29) is 99.0 Å². The summed E-state index contributed by atoms with van der Waals surface area (Å²) < 4.78 is 36.3. The van der Waals surface area contributed by atoms with Crippen LogP contribution in [0.5, 0.6) is 51.7 Å². The van der Waals surface area contributed by atoms with Crippen molar-refractivity contribution in [2.45, 2.75) is 150 Å². The average Bonchev–Trinajstić information content (AvgIpc) is 0.760. The van der Waals surface area contributed by atoms with Crippen molar-refractivity contribution >= 4 is 82.2 Å². The Morgan fingerprint density at radius 1 is 0.626 bits per heavy atom. The van der Waals surface area contributed by atoms with Crippen molar-refractivity contribution in [3.63, 3.8) is 0 Å². The number of anilines is 1. The number of hydrogen-bond donors (Lipinski definition) is 19. The van der Waals surface area contributed by atoms with Crippen LogP contribution in [0.3, 0.4) is 0 Å². The Morgan fingerprint density at radius 3 is 1.86 bits per heavy atom. The van der Waals surface area contributed by atoms with Crippen LogP contribution in [-0.4, -0.2) is 189 Å². The molecular weight excluding hydrogens is 1540 g/mol. The van der Waals surface area contributed by atoms with Gasteiger partial charge >= 0.3 is 6.03 Å². The van der Waals surface area contributed by atoms with Gasteiger partial charge in [-0.1, -0.05) is 55.2 Å². The number of phenolic OH excluding ortho intramolecular Hbond substituents is 3. The van der Waals surface area contributed by atoms with Crippen molar-refractivity contribution in [1.29, 1.82) is 0 Å². The number of urea groups is 1. The number of carbonyl (C=O) groups excluding carboxylic acids is 9. The van der Waals surface area contributed by atoms with Crippen LogP contribution in [-0.2, 0) is 47.8 Å². The number of ether oxygens (including phenoxy) is 6. The number of imide groups is 1. The van der Waals surface area contributed by atoms with Gasteiger partial charge in [0.25, 0.3) is 0 Å². The van der Waals surface area contributed by atoms with E-state index < -0.39 is 197 Å². The lowest BCUT2D eigenvalue weighted by Gasteiger charge is -2.54. The van der Waals surface area contributed by atoms with Crippen molar-refractivity contribution in [1.82, 2.24) is 47.9 Å². The minimum Gasteiger partial charge on any atom is -0.508 e. The number of carbonyl (C=O) groups is 9. The summed E-state index contributed by atoms with van der Waals surface area (Å²) in [6.45, 7) is 3.64. The van der Waals surface area contributed by atoms with Crippen molar-refractivity contribution in [2.24, 2.45) is 35.3 Å². The van der Waals surface area contributed by atoms with Crippen LogP contribution in [0.2, 0.25) is 10.0 Å². The molecule has 0 aromatic heterocycles. The zero-order chi connectivity index (χ0) is 82.1. The number of amides is 10. The molecule has 612 valence electrons. The molecule has 10 aliphatic rings. The largest absolute Gasteiger partial charge is 0.508 e. The molecule has 6 aromatic carbocycles. The van der Waals surface area contributed by atoms with E-state index in [1.165, 1.54) is 62.7 Å². The number of aromatic hydroxyl groups is 3. The van der Waals surface area contributed by atoms with Gasteiger partial charge in [-0.25, -0.2) is 4.79 Å². The summed E-state index contributed by atoms with van der Waals surface area (Å²) in [5.41, 5.74) is 3.96. The van der Waals surface area contributed by atoms with Crippen LogP contribution in [0.15, 0.2) is 103 Å². The third kappa shape index (κ3) is 17.9. The number of aliphatic hydroxyl groups is 5. The lowest BCUT2D eigenvalue weighted by molar-refractivity contribution is -0.270. The van der Waals surface area contributed by atoms with Gasteiger partial charge < -0.3 is 123 Å². The number of phenols is 3. The quantitative estimate of drug-likeness (QED) is 0.0580. The Bertz CT molecular complexity index is 4720. The number of halogens is 2. The normalized spacial score (nSPS) is 27.9. The number of fused-ring (bicyclic) bond motifs is 15. The number of benzene rings is 6. The van der Waals surface area contributed by atoms with Gasteiger partial charge in [0.05, 0.1) is 29.1 Å². The summed E-state index contributed by atoms with van der Waals surface area (Å²) in [5.74, 6) is -13.1. The zero-order valence-corrected chi connectivity index (χ0v) is 64.0. The number of likely N-dealkylation sites (N-methyl/N-ethyl adjacent to an activating group) is 1. The topological polar surface area (TPSA) is 517 Å². The van der Waals surface area contributed by atoms with Crippen molar-refractivity contribution in [3.8, 4) is 62.9 Å². The molecule has 3 unspecified atom stereocenters. The van der Waals surface area contributed by atoms with E-state index in [0.29, 0.717) is 17.6 Å². The second-order valence-corrected chi connectivity index (χ2v) is 31.1. The van der Waals surface area contributed by atoms with Gasteiger partial charge in [0.2, 0.25) is 59.3 Å². The molecule has 115 heavy (non-hydrogen) atoms. The SMILES string of the molecule is CN[C@H](CC(C)C)C(=O)NC1C(=O)NC(CC(=O)NC(=O)Nc2ccc(OCCOC)cc2)C(=O)NC2C(=O)N[C@H]3C(=O)N[C@H](C(=O)N[C@@H](C(=O)NC4C5CC6CC(C5)CC4C6)c4cc(O)cc(O)c4-c4cc3ccc4O)[C@H](O)c3ccc(c(Cl)c3)Oc3cc2cc(c3O[C@H]2O[C@H](CN)[C@@H](O)[C@H](O)[C@H]2O)Oc2ccc(cc2Cl)[C@H]1O. The smallest absolute Gasteiger partial charge is 0.325 e. The number of hydrogen-bond acceptors (Lipinski definition) is 25. The third-order valence-corrected chi connectivity index (χ3v) is 22.5. The highest BCUT2D eigenvalue weighted by molar-refractivity contribution is 6.32. The Morgan fingerprint density at radius 2 is 1.24 bits per heavy atom. The number of nitrogens with two attached hydrogens (primary N) is 1. The molecule has 34 nitrogen and oxygen atoms in total. The monoisotopic (exact) mass is 1630 g/mol. The molecule has 10 amide bonds. The summed E-state index contributed by atoms with van der Waals surface area (Å²) >= 11 is 14.3. The van der Waals surface area contributed by atoms with Gasteiger partial charge in [-0.05, 0) is 182 Å². The van der Waals surface area contributed by atoms with Crippen LogP contribution in [0.1, 0.15) is 117 Å². The van der Waals surface area contributed by atoms with Gasteiger partial charge in [0.15, 0.2) is 11.5 Å². The van der Waals surface area contributed by atoms with Crippen LogP contribution in [0.4, 0.5) is 10.5 Å². The van der Waals surface area contributed by atoms with Crippen LogP contribution < -0.4 is 77.8 Å². The summed E-state index contributed by atoms with van der Waals surface area (Å²) in [5, 5.41) is 120. The predicted molar refractivity (Wildman–Crippen MR) is 408 cm³/mol. The fourth-order valence-electron chi connectivity index (χ4n) is 16.4. The molecule has 0 spiro atoms. The van der Waals surface area contributed by atoms with Crippen LogP contribution in [0.25, 0.3) is 11.1 Å². The Labute approximate surface area is 667 Å². The first-order valence-corrected chi connectivity index (χ1v) is 38.3. The number of rotatable bonds is 17. The van der Waals surface area contributed by atoms with E-state index in [9.17, 15) is 55.2 Å². The van der Waals surface area contributed by atoms with Crippen molar-refractivity contribution in [2.75, 3.05) is 39.2 Å². The maximum atomic E-state index is 16.4. The molecule has 4 saturated carbocycles. The summed E-state index contributed by atoms with van der Waals surface area (Å²) in [7, 11) is 2.96. The molecule has 6 aromatic rings. The third-order valence-electron chi connectivity index (χ3n) is 21.9. The molecule has 6 aliphatic heterocycles. The molecule has 36 heteroatoms. The van der Waals surface area contributed by atoms with Crippen LogP contribution >= 0.6 is 23.2 Å². The highest BCUT2D eigenvalue weighted by atomic mass is 35.5. The molecule has 14 atom stereocenters. The standard InChI is InChI=1S/C79H89Cl2N11O23/c1-32(2)17-48(83-3)71(102)91-63-65(97)36-6-13-52(46(80)24-36)112-54-26-40-27-55(70(54)115-78-69(101)68(100)67(99)56(31-82)114-78)113-53-14-7-37(25-47(53)81)66(98)64-77(108)90-62(75(106)87-59-38-19-33-18-34(21-38)22-39(59)20-33)45-28-42(93)29-51(95)58(45)44-23-35(5-12-50(44)94)60(73(104)92-64)89-74(105)61(40)88-72(103)49(85-76(63)107)30-57(96)86-79(109)84-41-8-10-43(11-9-41)111-16-15-110-4/h5-14,23-29,32-34,38-39,48-49,56,59-69,78,83,93-95,97-101H,15-22,30-31,82H2,1-4H3,(H,85,107)(H,87,106)(H,88,103)(H,89,105)(H,90,108)(H,91,102)(H,92,104)(H2,84,86,96,109)/t33?,34?,38?,39?,48-,49?,56-,59?,60-,61?,62-,63?,64+,65-,66-,67-,68+,69-,78-/m1/s1. The summed E-state index contributed by atoms with van der Waals surface area (Å²) in [6.07, 6.45) is -10.2. The van der Waals surface area contributed by atoms with Crippen LogP contribution in [0, 0.1) is 29.6 Å². The van der Waals surface area contributed by atoms with Gasteiger partial charge in [-0.3, -0.25) is 43.7 Å². The molecule has 1 saturated heterocycles. The molecule has 15 bridgehead atoms. The number of nitrogens with one attached hydrogen (secondary N) is 10. The fraction of sp³-hybridized carbons (Fsp3) is 0.430. The van der Waals surface area contributed by atoms with E-state index in [4.69, 9.17) is 57.4 Å². The van der Waals surface area contributed by atoms with E-state index >= 15 is 28.8 Å². The van der Waals surface area contributed by atoms with Gasteiger partial charge in [0, 0.05) is 42.6 Å². The van der Waals surface area contributed by atoms with E-state index in [1.807, 2.05) is 13.8 Å². The molecular formula is C79H89Cl2N11O23. The maximum Gasteiger partial charge on any atom is 0.325 e. The Hall–Kier alpha value is -10.6. The Balaban J connectivity index is 0.986. The molecule has 0 radical (unpaired) electrons. The fourth-order valence-corrected chi connectivity index (χ4v) is 16.8. The summed E-state index contributed by atoms with van der Waals surface area (Å²) in [4.78, 5) is 137. The molecule has 6 heterocycles. The van der Waals surface area contributed by atoms with E-state index in [1.54, 1.807) is 0 Å². The first kappa shape index (κ1) is 82.4. The van der Waals surface area contributed by atoms with E-state index in [2.05, 4.69) is 53.2 Å². The molecule has 4 aliphatic carbocycles. The number of aliphatic hydroxyl groups excluding tert-OH is 5. The highest BCUT2D eigenvalue weighted by Crippen LogP contribution is 2.55. The van der Waals surface area contributed by atoms with E-state index in [0.717, 1.165) is 86.7 Å². The highest BCUT2D eigenvalue weighted by Gasteiger charge is 2.51. The minimum atomic E-state index is -2.38. The lowest BCUT2D eigenvalue weighted by Crippen LogP contribution is -2.60. The summed E-state index contributed by atoms with van der Waals surface area (Å²) in [6, 6.07) is 4.76. The van der Waals surface area contributed by atoms with Crippen molar-refractivity contribution < 1.29 is 112 Å². The van der Waals surface area contributed by atoms with Gasteiger partial charge in [-0.2, -0.15) is 0 Å². The lowest BCUT2D eigenvalue weighted by atomic mass is 9.54. The minimum absolute atomic E-state index is 0.0683. The molecule has 5 fully saturated rings. The Kier molecular flexibility index (Phi) is 24.9. The predicted octanol–water partition coefficient (Wildman–Crippen LogP) is 3.58. The first-order valence-electron chi connectivity index (χ1n) is 37.5. The second kappa shape index (κ2) is 34.8. The maximum absolute atomic E-state index is 16.4. The molecule has 16 rings (SSSR count). The average molecular weight is 1630 g/mol. The van der Waals surface area contributed by atoms with Gasteiger partial charge in [-0.15, -0.1) is 0 Å². The van der Waals surface area contributed by atoms with Crippen molar-refractivity contribution in [3.05, 3.63) is 141 Å². The first-order chi connectivity index (χ1) is 54.9. The number of methoxy groups -OCH3 is 1. The zero-order valence-electron chi connectivity index (χ0n) is 62.5. The van der Waals surface area contributed by atoms with Gasteiger partial charge in [0.1, 0.15) is 114 Å². The second-order valence-electron chi connectivity index (χ2n) is 30.3. The molecule has 20 N–H and O–H groups in total.